The maximum Gasteiger partial charge on any atom is 0.258 e. The fourth-order valence-corrected chi connectivity index (χ4v) is 2.38. The summed E-state index contributed by atoms with van der Waals surface area (Å²) >= 11 is 6.14. The molecular formula is C13H17ClN2O2. The van der Waals surface area contributed by atoms with Crippen molar-refractivity contribution >= 4 is 17.5 Å². The Hall–Kier alpha value is -1.26. The number of aromatic hydroxyl groups is 1. The van der Waals surface area contributed by atoms with Crippen molar-refractivity contribution in [2.75, 3.05) is 26.2 Å². The fourth-order valence-electron chi connectivity index (χ4n) is 2.23. The van der Waals surface area contributed by atoms with E-state index in [2.05, 4.69) is 5.32 Å². The smallest absolute Gasteiger partial charge is 0.258 e. The van der Waals surface area contributed by atoms with Crippen LogP contribution in [0.25, 0.3) is 0 Å². The molecule has 1 aromatic carbocycles. The topological polar surface area (TPSA) is 52.6 Å². The van der Waals surface area contributed by atoms with Crippen LogP contribution in [0.1, 0.15) is 21.5 Å². The lowest BCUT2D eigenvalue weighted by Gasteiger charge is -2.28. The molecule has 0 spiro atoms. The number of halogens is 1. The molecule has 2 rings (SSSR count). The average Bonchev–Trinajstić information content (AvgIpc) is 2.37. The molecule has 4 nitrogen and oxygen atoms in total. The van der Waals surface area contributed by atoms with E-state index in [4.69, 9.17) is 11.6 Å². The molecule has 0 bridgehead atoms. The van der Waals surface area contributed by atoms with Gasteiger partial charge in [-0.1, -0.05) is 11.6 Å². The van der Waals surface area contributed by atoms with Crippen LogP contribution in [0.5, 0.6) is 5.75 Å². The number of carbonyl (C=O) groups is 1. The second-order valence-corrected chi connectivity index (χ2v) is 4.95. The third-order valence-corrected chi connectivity index (χ3v) is 3.86. The number of amides is 1. The van der Waals surface area contributed by atoms with Crippen LogP contribution in [0.3, 0.4) is 0 Å². The number of nitrogens with one attached hydrogen (secondary N) is 1. The Morgan fingerprint density at radius 2 is 2.00 bits per heavy atom. The molecule has 0 radical (unpaired) electrons. The normalized spacial score (nSPS) is 15.8. The molecule has 18 heavy (non-hydrogen) atoms. The predicted molar refractivity (Wildman–Crippen MR) is 71.4 cm³/mol. The van der Waals surface area contributed by atoms with E-state index in [0.29, 0.717) is 29.2 Å². The van der Waals surface area contributed by atoms with Crippen LogP contribution in [-0.4, -0.2) is 42.1 Å². The van der Waals surface area contributed by atoms with E-state index in [1.54, 1.807) is 17.9 Å². The van der Waals surface area contributed by atoms with Crippen molar-refractivity contribution in [1.29, 1.82) is 0 Å². The quantitative estimate of drug-likeness (QED) is 0.815. The van der Waals surface area contributed by atoms with Gasteiger partial charge in [-0.15, -0.1) is 0 Å². The molecule has 2 N–H and O–H groups in total. The first-order valence-electron chi connectivity index (χ1n) is 6.01. The third-order valence-electron chi connectivity index (χ3n) is 3.28. The highest BCUT2D eigenvalue weighted by atomic mass is 35.5. The maximum absolute atomic E-state index is 12.4. The van der Waals surface area contributed by atoms with Gasteiger partial charge in [0, 0.05) is 31.2 Å². The highest BCUT2D eigenvalue weighted by Gasteiger charge is 2.24. The van der Waals surface area contributed by atoms with Crippen molar-refractivity contribution in [2.24, 2.45) is 0 Å². The summed E-state index contributed by atoms with van der Waals surface area (Å²) in [4.78, 5) is 14.1. The van der Waals surface area contributed by atoms with Gasteiger partial charge in [-0.05, 0) is 31.0 Å². The highest BCUT2D eigenvalue weighted by molar-refractivity contribution is 6.32. The van der Waals surface area contributed by atoms with E-state index in [-0.39, 0.29) is 11.7 Å². The number of piperazine rings is 1. The summed E-state index contributed by atoms with van der Waals surface area (Å²) in [5.41, 5.74) is 1.76. The molecule has 0 aliphatic carbocycles. The van der Waals surface area contributed by atoms with E-state index in [1.165, 1.54) is 0 Å². The molecule has 0 aromatic heterocycles. The molecule has 1 aromatic rings. The van der Waals surface area contributed by atoms with Crippen LogP contribution < -0.4 is 5.32 Å². The standard InChI is InChI=1S/C13H17ClN2O2/c1-8-7-10(17)11(9(2)12(8)14)13(18)16-5-3-15-4-6-16/h7,15,17H,3-6H2,1-2H3. The van der Waals surface area contributed by atoms with E-state index in [0.717, 1.165) is 18.7 Å². The van der Waals surface area contributed by atoms with Gasteiger partial charge in [0.1, 0.15) is 5.75 Å². The third kappa shape index (κ3) is 2.31. The summed E-state index contributed by atoms with van der Waals surface area (Å²) in [6, 6.07) is 1.55. The molecule has 1 aliphatic heterocycles. The van der Waals surface area contributed by atoms with Crippen LogP contribution in [0.2, 0.25) is 5.02 Å². The molecule has 0 saturated carbocycles. The molecule has 98 valence electrons. The maximum atomic E-state index is 12.4. The Morgan fingerprint density at radius 3 is 2.61 bits per heavy atom. The lowest BCUT2D eigenvalue weighted by Crippen LogP contribution is -2.46. The molecule has 1 fully saturated rings. The molecule has 0 atom stereocenters. The Morgan fingerprint density at radius 1 is 1.39 bits per heavy atom. The van der Waals surface area contributed by atoms with Crippen molar-refractivity contribution in [1.82, 2.24) is 10.2 Å². The van der Waals surface area contributed by atoms with Gasteiger partial charge in [-0.2, -0.15) is 0 Å². The van der Waals surface area contributed by atoms with Crippen LogP contribution >= 0.6 is 11.6 Å². The first-order valence-corrected chi connectivity index (χ1v) is 6.39. The Bertz CT molecular complexity index is 482. The van der Waals surface area contributed by atoms with Crippen LogP contribution in [0.4, 0.5) is 0 Å². The lowest BCUT2D eigenvalue weighted by atomic mass is 10.0. The number of carbonyl (C=O) groups excluding carboxylic acids is 1. The van der Waals surface area contributed by atoms with Crippen molar-refractivity contribution in [3.05, 3.63) is 27.8 Å². The van der Waals surface area contributed by atoms with Crippen molar-refractivity contribution in [3.63, 3.8) is 0 Å². The summed E-state index contributed by atoms with van der Waals surface area (Å²) in [5, 5.41) is 13.7. The van der Waals surface area contributed by atoms with E-state index in [9.17, 15) is 9.90 Å². The number of nitrogens with zero attached hydrogens (tertiary/aromatic N) is 1. The Balaban J connectivity index is 2.38. The van der Waals surface area contributed by atoms with E-state index >= 15 is 0 Å². The van der Waals surface area contributed by atoms with E-state index < -0.39 is 0 Å². The monoisotopic (exact) mass is 268 g/mol. The zero-order chi connectivity index (χ0) is 13.3. The first kappa shape index (κ1) is 13.2. The van der Waals surface area contributed by atoms with Gasteiger partial charge in [0.05, 0.1) is 5.56 Å². The fraction of sp³-hybridized carbons (Fsp3) is 0.462. The first-order chi connectivity index (χ1) is 8.52. The average molecular weight is 269 g/mol. The zero-order valence-electron chi connectivity index (χ0n) is 10.6. The number of benzene rings is 1. The van der Waals surface area contributed by atoms with Gasteiger partial charge < -0.3 is 15.3 Å². The van der Waals surface area contributed by atoms with Crippen molar-refractivity contribution in [3.8, 4) is 5.75 Å². The molecular weight excluding hydrogens is 252 g/mol. The number of phenols is 1. The summed E-state index contributed by atoms with van der Waals surface area (Å²) in [7, 11) is 0. The zero-order valence-corrected chi connectivity index (χ0v) is 11.3. The second kappa shape index (κ2) is 5.16. The lowest BCUT2D eigenvalue weighted by molar-refractivity contribution is 0.0732. The van der Waals surface area contributed by atoms with Gasteiger partial charge in [0.15, 0.2) is 0 Å². The summed E-state index contributed by atoms with van der Waals surface area (Å²) < 4.78 is 0. The minimum atomic E-state index is -0.145. The summed E-state index contributed by atoms with van der Waals surface area (Å²) in [5.74, 6) is -0.133. The number of hydrogen-bond acceptors (Lipinski definition) is 3. The van der Waals surface area contributed by atoms with Crippen molar-refractivity contribution in [2.45, 2.75) is 13.8 Å². The number of aryl methyl sites for hydroxylation is 1. The number of phenolic OH excluding ortho intramolecular Hbond substituents is 1. The molecule has 0 unspecified atom stereocenters. The summed E-state index contributed by atoms with van der Waals surface area (Å²) in [6.45, 7) is 6.46. The van der Waals surface area contributed by atoms with Crippen LogP contribution in [0.15, 0.2) is 6.07 Å². The highest BCUT2D eigenvalue weighted by Crippen LogP contribution is 2.31. The molecule has 1 amide bonds. The summed E-state index contributed by atoms with van der Waals surface area (Å²) in [6.07, 6.45) is 0. The Labute approximate surface area is 112 Å². The van der Waals surface area contributed by atoms with Gasteiger partial charge in [0.2, 0.25) is 0 Å². The molecule has 1 aliphatic rings. The van der Waals surface area contributed by atoms with Gasteiger partial charge in [-0.3, -0.25) is 4.79 Å². The minimum absolute atomic E-state index is 0.0120. The number of rotatable bonds is 1. The SMILES string of the molecule is Cc1cc(O)c(C(=O)N2CCNCC2)c(C)c1Cl. The molecule has 1 saturated heterocycles. The predicted octanol–water partition coefficient (Wildman–Crippen LogP) is 1.71. The van der Waals surface area contributed by atoms with Gasteiger partial charge in [0.25, 0.3) is 5.91 Å². The molecule has 5 heteroatoms. The van der Waals surface area contributed by atoms with Gasteiger partial charge in [-0.25, -0.2) is 0 Å². The Kier molecular flexibility index (Phi) is 3.78. The van der Waals surface area contributed by atoms with Crippen LogP contribution in [-0.2, 0) is 0 Å². The van der Waals surface area contributed by atoms with Crippen LogP contribution in [0, 0.1) is 13.8 Å². The minimum Gasteiger partial charge on any atom is -0.507 e. The largest absolute Gasteiger partial charge is 0.507 e. The van der Waals surface area contributed by atoms with Gasteiger partial charge >= 0.3 is 0 Å². The van der Waals surface area contributed by atoms with Crippen molar-refractivity contribution < 1.29 is 9.90 Å². The number of hydrogen-bond donors (Lipinski definition) is 2. The second-order valence-electron chi connectivity index (χ2n) is 4.57. The molecule has 1 heterocycles. The van der Waals surface area contributed by atoms with E-state index in [1.807, 2.05) is 6.92 Å².